The van der Waals surface area contributed by atoms with E-state index in [4.69, 9.17) is 4.74 Å². The van der Waals surface area contributed by atoms with Gasteiger partial charge in [0.2, 0.25) is 0 Å². The van der Waals surface area contributed by atoms with Gasteiger partial charge in [0.25, 0.3) is 0 Å². The highest BCUT2D eigenvalue weighted by Crippen LogP contribution is 2.40. The molecule has 0 amide bonds. The molecule has 1 atom stereocenters. The Labute approximate surface area is 170 Å². The molecule has 0 bridgehead atoms. The number of carboxylic acid groups (broad SMARTS) is 1. The fraction of sp³-hybridized carbons (Fsp3) is 0.417. The van der Waals surface area contributed by atoms with Crippen LogP contribution in [0.1, 0.15) is 65.2 Å². The minimum absolute atomic E-state index is 0.276. The summed E-state index contributed by atoms with van der Waals surface area (Å²) in [6.07, 6.45) is 10.6. The van der Waals surface area contributed by atoms with Gasteiger partial charge in [0.15, 0.2) is 0 Å². The summed E-state index contributed by atoms with van der Waals surface area (Å²) in [6, 6.07) is 10.2. The Morgan fingerprint density at radius 2 is 2.10 bits per heavy atom. The minimum atomic E-state index is -0.894. The Hall–Kier alpha value is -2.66. The fourth-order valence-corrected chi connectivity index (χ4v) is 4.43. The van der Waals surface area contributed by atoms with Gasteiger partial charge in [-0.05, 0) is 67.3 Å². The van der Waals surface area contributed by atoms with Crippen molar-refractivity contribution >= 4 is 16.9 Å². The zero-order valence-corrected chi connectivity index (χ0v) is 16.5. The number of ether oxygens (including phenoxy) is 1. The molecule has 3 heterocycles. The molecule has 5 rings (SSSR count). The zero-order chi connectivity index (χ0) is 19.8. The highest BCUT2D eigenvalue weighted by atomic mass is 16.5. The second-order valence-corrected chi connectivity index (χ2v) is 8.33. The summed E-state index contributed by atoms with van der Waals surface area (Å²) in [6.45, 7) is 1.72. The van der Waals surface area contributed by atoms with Crippen molar-refractivity contribution in [3.63, 3.8) is 0 Å². The molecule has 1 unspecified atom stereocenters. The number of fused-ring (bicyclic) bond motifs is 1. The molecule has 0 radical (unpaired) electrons. The maximum Gasteiger partial charge on any atom is 0.337 e. The second kappa shape index (κ2) is 7.64. The van der Waals surface area contributed by atoms with Crippen molar-refractivity contribution in [3.05, 3.63) is 65.1 Å². The van der Waals surface area contributed by atoms with E-state index in [2.05, 4.69) is 40.0 Å². The molecule has 5 heteroatoms. The average molecular weight is 390 g/mol. The molecule has 150 valence electrons. The van der Waals surface area contributed by atoms with Gasteiger partial charge in [0.05, 0.1) is 17.4 Å². The molecule has 2 aliphatic rings. The molecule has 1 saturated heterocycles. The summed E-state index contributed by atoms with van der Waals surface area (Å²) < 4.78 is 8.17. The second-order valence-electron chi connectivity index (χ2n) is 8.33. The maximum atomic E-state index is 11.8. The van der Waals surface area contributed by atoms with Crippen molar-refractivity contribution in [2.45, 2.75) is 57.1 Å². The van der Waals surface area contributed by atoms with Crippen molar-refractivity contribution in [2.24, 2.45) is 0 Å². The van der Waals surface area contributed by atoms with Crippen molar-refractivity contribution in [2.75, 3.05) is 6.61 Å². The van der Waals surface area contributed by atoms with Crippen LogP contribution in [0.3, 0.4) is 0 Å². The largest absolute Gasteiger partial charge is 0.478 e. The highest BCUT2D eigenvalue weighted by Gasteiger charge is 2.26. The molecule has 1 saturated carbocycles. The number of nitrogens with zero attached hydrogens (tertiary/aromatic N) is 2. The lowest BCUT2D eigenvalue weighted by atomic mass is 10.00. The van der Waals surface area contributed by atoms with Gasteiger partial charge in [-0.3, -0.25) is 4.98 Å². The first-order chi connectivity index (χ1) is 14.2. The van der Waals surface area contributed by atoms with Gasteiger partial charge in [-0.25, -0.2) is 4.79 Å². The lowest BCUT2D eigenvalue weighted by molar-refractivity contribution is 0.00669. The Bertz CT molecular complexity index is 1050. The summed E-state index contributed by atoms with van der Waals surface area (Å²) in [5.41, 5.74) is 4.31. The molecular formula is C24H26N2O3. The van der Waals surface area contributed by atoms with E-state index in [1.807, 2.05) is 12.3 Å². The molecule has 3 aromatic rings. The monoisotopic (exact) mass is 390 g/mol. The van der Waals surface area contributed by atoms with E-state index >= 15 is 0 Å². The Kier molecular flexibility index (Phi) is 4.84. The molecule has 2 aromatic heterocycles. The molecule has 1 N–H and O–H groups in total. The fourth-order valence-electron chi connectivity index (χ4n) is 4.43. The smallest absolute Gasteiger partial charge is 0.337 e. The van der Waals surface area contributed by atoms with Crippen molar-refractivity contribution in [3.8, 4) is 0 Å². The maximum absolute atomic E-state index is 11.8. The summed E-state index contributed by atoms with van der Waals surface area (Å²) in [7, 11) is 0. The van der Waals surface area contributed by atoms with E-state index in [-0.39, 0.29) is 6.10 Å². The lowest BCUT2D eigenvalue weighted by Crippen LogP contribution is -2.24. The SMILES string of the molecule is O=C(O)c1cc(C2CC2)cnc1Cc1cccc2c1ccn2CC1CCCCO1. The molecule has 1 aromatic carbocycles. The summed E-state index contributed by atoms with van der Waals surface area (Å²) in [5.74, 6) is -0.400. The van der Waals surface area contributed by atoms with E-state index in [1.54, 1.807) is 0 Å². The van der Waals surface area contributed by atoms with Gasteiger partial charge >= 0.3 is 5.97 Å². The van der Waals surface area contributed by atoms with E-state index in [1.165, 1.54) is 11.9 Å². The van der Waals surface area contributed by atoms with Gasteiger partial charge in [-0.2, -0.15) is 0 Å². The summed E-state index contributed by atoms with van der Waals surface area (Å²) in [4.78, 5) is 16.4. The van der Waals surface area contributed by atoms with Crippen LogP contribution in [-0.4, -0.2) is 33.3 Å². The molecule has 1 aliphatic carbocycles. The predicted octanol–water partition coefficient (Wildman–Crippen LogP) is 4.77. The predicted molar refractivity (Wildman–Crippen MR) is 112 cm³/mol. The van der Waals surface area contributed by atoms with Crippen LogP contribution < -0.4 is 0 Å². The van der Waals surface area contributed by atoms with Crippen LogP contribution in [-0.2, 0) is 17.7 Å². The highest BCUT2D eigenvalue weighted by molar-refractivity contribution is 5.90. The van der Waals surface area contributed by atoms with Crippen LogP contribution in [0.4, 0.5) is 0 Å². The number of hydrogen-bond acceptors (Lipinski definition) is 3. The van der Waals surface area contributed by atoms with Crippen LogP contribution in [0.5, 0.6) is 0 Å². The Morgan fingerprint density at radius 3 is 2.86 bits per heavy atom. The first kappa shape index (κ1) is 18.4. The van der Waals surface area contributed by atoms with Crippen molar-refractivity contribution < 1.29 is 14.6 Å². The van der Waals surface area contributed by atoms with Gasteiger partial charge in [-0.1, -0.05) is 12.1 Å². The van der Waals surface area contributed by atoms with Gasteiger partial charge in [-0.15, -0.1) is 0 Å². The first-order valence-electron chi connectivity index (χ1n) is 10.6. The summed E-state index contributed by atoms with van der Waals surface area (Å²) in [5, 5.41) is 10.9. The number of pyridine rings is 1. The van der Waals surface area contributed by atoms with E-state index in [0.717, 1.165) is 55.3 Å². The Morgan fingerprint density at radius 1 is 1.21 bits per heavy atom. The van der Waals surface area contributed by atoms with Crippen LogP contribution in [0.15, 0.2) is 42.7 Å². The van der Waals surface area contributed by atoms with Crippen molar-refractivity contribution in [1.82, 2.24) is 9.55 Å². The summed E-state index contributed by atoms with van der Waals surface area (Å²) >= 11 is 0. The van der Waals surface area contributed by atoms with Crippen LogP contribution >= 0.6 is 0 Å². The third kappa shape index (κ3) is 3.79. The number of benzene rings is 1. The van der Waals surface area contributed by atoms with Gasteiger partial charge < -0.3 is 14.4 Å². The van der Waals surface area contributed by atoms with Crippen molar-refractivity contribution in [1.29, 1.82) is 0 Å². The minimum Gasteiger partial charge on any atom is -0.478 e. The van der Waals surface area contributed by atoms with Crippen LogP contribution in [0.2, 0.25) is 0 Å². The molecular weight excluding hydrogens is 364 g/mol. The van der Waals surface area contributed by atoms with E-state index in [0.29, 0.717) is 23.6 Å². The number of carboxylic acids is 1. The third-order valence-corrected chi connectivity index (χ3v) is 6.21. The number of carbonyl (C=O) groups is 1. The molecule has 1 aliphatic heterocycles. The topological polar surface area (TPSA) is 64.3 Å². The number of aromatic nitrogens is 2. The lowest BCUT2D eigenvalue weighted by Gasteiger charge is -2.23. The number of rotatable bonds is 6. The normalized spacial score (nSPS) is 19.5. The number of aromatic carboxylic acids is 1. The third-order valence-electron chi connectivity index (χ3n) is 6.21. The standard InChI is InChI=1S/C24H26N2O3/c27-24(28)21-12-18(16-7-8-16)14-25-22(21)13-17-4-3-6-23-20(17)9-10-26(23)15-19-5-1-2-11-29-19/h3-4,6,9-10,12,14,16,19H,1-2,5,7-8,11,13,15H2,(H,27,28). The molecule has 5 nitrogen and oxygen atoms in total. The van der Waals surface area contributed by atoms with E-state index in [9.17, 15) is 9.90 Å². The molecule has 29 heavy (non-hydrogen) atoms. The van der Waals surface area contributed by atoms with Crippen LogP contribution in [0, 0.1) is 0 Å². The first-order valence-corrected chi connectivity index (χ1v) is 10.6. The van der Waals surface area contributed by atoms with Gasteiger partial charge in [0, 0.05) is 42.9 Å². The quantitative estimate of drug-likeness (QED) is 0.658. The average Bonchev–Trinajstić information content (AvgIpc) is 3.51. The van der Waals surface area contributed by atoms with Crippen LogP contribution in [0.25, 0.3) is 10.9 Å². The Balaban J connectivity index is 1.44. The molecule has 0 spiro atoms. The zero-order valence-electron chi connectivity index (χ0n) is 16.5. The molecule has 2 fully saturated rings. The van der Waals surface area contributed by atoms with E-state index < -0.39 is 5.97 Å². The van der Waals surface area contributed by atoms with Gasteiger partial charge in [0.1, 0.15) is 0 Å². The number of hydrogen-bond donors (Lipinski definition) is 1.